The Morgan fingerprint density at radius 1 is 1.17 bits per heavy atom. The third-order valence-corrected chi connectivity index (χ3v) is 6.08. The number of hydrogen-bond acceptors (Lipinski definition) is 6. The maximum atomic E-state index is 4.74. The van der Waals surface area contributed by atoms with Gasteiger partial charge in [-0.25, -0.2) is 0 Å². The number of nitrogens with one attached hydrogen (secondary N) is 2. The molecule has 0 amide bonds. The van der Waals surface area contributed by atoms with Gasteiger partial charge in [-0.1, -0.05) is 31.5 Å². The largest absolute Gasteiger partial charge is 0.357 e. The molecule has 2 aromatic heterocycles. The molecule has 2 N–H and O–H groups in total. The first kappa shape index (κ1) is 22.6. The van der Waals surface area contributed by atoms with Crippen molar-refractivity contribution in [2.24, 2.45) is 4.99 Å². The number of nitrogens with zero attached hydrogens (tertiary/aromatic N) is 7. The van der Waals surface area contributed by atoms with Crippen molar-refractivity contribution in [2.45, 2.75) is 76.5 Å². The molecule has 1 aliphatic rings. The van der Waals surface area contributed by atoms with Crippen LogP contribution < -0.4 is 10.6 Å². The zero-order valence-electron chi connectivity index (χ0n) is 18.5. The molecule has 0 spiro atoms. The summed E-state index contributed by atoms with van der Waals surface area (Å²) in [4.78, 5) is 4.74. The van der Waals surface area contributed by atoms with Crippen molar-refractivity contribution in [1.82, 2.24) is 40.2 Å². The molecule has 1 aliphatic carbocycles. The fourth-order valence-corrected chi connectivity index (χ4v) is 4.52. The Morgan fingerprint density at radius 3 is 2.73 bits per heavy atom. The van der Waals surface area contributed by atoms with Crippen molar-refractivity contribution >= 4 is 17.7 Å². The fourth-order valence-electron chi connectivity index (χ4n) is 3.95. The molecule has 30 heavy (non-hydrogen) atoms. The first-order valence-electron chi connectivity index (χ1n) is 11.1. The first-order chi connectivity index (χ1) is 14.8. The Morgan fingerprint density at radius 2 is 2.00 bits per heavy atom. The van der Waals surface area contributed by atoms with Crippen molar-refractivity contribution in [1.29, 1.82) is 0 Å². The van der Waals surface area contributed by atoms with Crippen LogP contribution in [0.5, 0.6) is 0 Å². The third kappa shape index (κ3) is 5.96. The first-order valence-corrected chi connectivity index (χ1v) is 12.4. The number of aromatic nitrogens is 6. The molecule has 0 aromatic carbocycles. The molecular weight excluding hydrogens is 398 g/mol. The Bertz CT molecular complexity index is 792. The highest BCUT2D eigenvalue weighted by atomic mass is 32.2. The van der Waals surface area contributed by atoms with Crippen LogP contribution in [-0.2, 0) is 19.4 Å². The topological polar surface area (TPSA) is 97.8 Å². The summed E-state index contributed by atoms with van der Waals surface area (Å²) in [6.07, 6.45) is 11.7. The van der Waals surface area contributed by atoms with Gasteiger partial charge in [0.1, 0.15) is 18.0 Å². The van der Waals surface area contributed by atoms with E-state index in [1.807, 2.05) is 0 Å². The predicted octanol–water partition coefficient (Wildman–Crippen LogP) is 2.46. The Kier molecular flexibility index (Phi) is 8.98. The minimum Gasteiger partial charge on any atom is -0.357 e. The fraction of sp³-hybridized carbons (Fsp3) is 0.750. The lowest BCUT2D eigenvalue weighted by molar-refractivity contribution is 0.461. The van der Waals surface area contributed by atoms with Gasteiger partial charge in [0, 0.05) is 45.1 Å². The molecule has 0 aliphatic heterocycles. The van der Waals surface area contributed by atoms with Crippen LogP contribution in [0.25, 0.3) is 0 Å². The van der Waals surface area contributed by atoms with E-state index >= 15 is 0 Å². The van der Waals surface area contributed by atoms with Gasteiger partial charge in [0.2, 0.25) is 0 Å². The van der Waals surface area contributed by atoms with Crippen LogP contribution in [0.3, 0.4) is 0 Å². The maximum absolute atomic E-state index is 4.74. The smallest absolute Gasteiger partial charge is 0.191 e. The Labute approximate surface area is 183 Å². The number of aryl methyl sites for hydroxylation is 2. The van der Waals surface area contributed by atoms with Gasteiger partial charge >= 0.3 is 0 Å². The lowest BCUT2D eigenvalue weighted by Gasteiger charge is -2.16. The van der Waals surface area contributed by atoms with Gasteiger partial charge in [0.05, 0.1) is 0 Å². The van der Waals surface area contributed by atoms with Gasteiger partial charge in [-0.15, -0.1) is 20.4 Å². The summed E-state index contributed by atoms with van der Waals surface area (Å²) in [5, 5.41) is 24.8. The predicted molar refractivity (Wildman–Crippen MR) is 121 cm³/mol. The van der Waals surface area contributed by atoms with Crippen molar-refractivity contribution in [2.75, 3.05) is 25.9 Å². The number of hydrogen-bond donors (Lipinski definition) is 2. The van der Waals surface area contributed by atoms with E-state index in [1.165, 1.54) is 25.7 Å². The van der Waals surface area contributed by atoms with E-state index in [-0.39, 0.29) is 0 Å². The van der Waals surface area contributed by atoms with Crippen molar-refractivity contribution in [3.63, 3.8) is 0 Å². The molecule has 0 unspecified atom stereocenters. The van der Waals surface area contributed by atoms with Gasteiger partial charge < -0.3 is 19.8 Å². The normalized spacial score (nSPS) is 15.1. The molecule has 1 saturated carbocycles. The lowest BCUT2D eigenvalue weighted by Crippen LogP contribution is -2.39. The van der Waals surface area contributed by atoms with Gasteiger partial charge in [-0.3, -0.25) is 4.99 Å². The highest BCUT2D eigenvalue weighted by Crippen LogP contribution is 2.33. The van der Waals surface area contributed by atoms with E-state index < -0.39 is 0 Å². The van der Waals surface area contributed by atoms with Crippen molar-refractivity contribution < 1.29 is 0 Å². The molecule has 10 heteroatoms. The maximum Gasteiger partial charge on any atom is 0.191 e. The quantitative estimate of drug-likeness (QED) is 0.243. The van der Waals surface area contributed by atoms with E-state index in [2.05, 4.69) is 60.3 Å². The summed E-state index contributed by atoms with van der Waals surface area (Å²) < 4.78 is 4.46. The zero-order valence-corrected chi connectivity index (χ0v) is 19.3. The second-order valence-corrected chi connectivity index (χ2v) is 8.27. The number of rotatable bonds is 11. The summed E-state index contributed by atoms with van der Waals surface area (Å²) in [5.74, 6) is 2.97. The average Bonchev–Trinajstić information content (AvgIpc) is 3.51. The van der Waals surface area contributed by atoms with E-state index in [1.54, 1.807) is 18.1 Å². The van der Waals surface area contributed by atoms with Crippen LogP contribution in [0, 0.1) is 0 Å². The van der Waals surface area contributed by atoms with Crippen LogP contribution in [0.15, 0.2) is 16.5 Å². The minimum atomic E-state index is 0.575. The van der Waals surface area contributed by atoms with Gasteiger partial charge in [-0.05, 0) is 32.4 Å². The summed E-state index contributed by atoms with van der Waals surface area (Å²) in [6.45, 7) is 7.38. The van der Waals surface area contributed by atoms with Crippen LogP contribution >= 0.6 is 11.8 Å². The van der Waals surface area contributed by atoms with Crippen LogP contribution in [0.2, 0.25) is 0 Å². The Balaban J connectivity index is 1.49. The average molecular weight is 434 g/mol. The monoisotopic (exact) mass is 433 g/mol. The highest BCUT2D eigenvalue weighted by Gasteiger charge is 2.23. The number of aliphatic imine (C=N–C) groups is 1. The molecule has 9 nitrogen and oxygen atoms in total. The van der Waals surface area contributed by atoms with Crippen molar-refractivity contribution in [3.05, 3.63) is 18.0 Å². The van der Waals surface area contributed by atoms with Crippen LogP contribution in [0.1, 0.15) is 63.6 Å². The molecule has 0 bridgehead atoms. The Hall–Kier alpha value is -2.10. The summed E-state index contributed by atoms with van der Waals surface area (Å²) >= 11 is 1.70. The molecular formula is C20H35N9S. The SMILES string of the molecule is CCNC(=NCCCc1nnc(SC)n1C1CCCC1)NCCn1cnnc1CC. The molecule has 1 fully saturated rings. The van der Waals surface area contributed by atoms with E-state index in [0.29, 0.717) is 6.04 Å². The minimum absolute atomic E-state index is 0.575. The summed E-state index contributed by atoms with van der Waals surface area (Å²) in [6, 6.07) is 0.575. The van der Waals surface area contributed by atoms with Gasteiger partial charge in [0.15, 0.2) is 11.1 Å². The zero-order chi connectivity index (χ0) is 21.2. The molecule has 0 saturated heterocycles. The molecule has 2 heterocycles. The van der Waals surface area contributed by atoms with E-state index in [4.69, 9.17) is 4.99 Å². The second-order valence-electron chi connectivity index (χ2n) is 7.50. The van der Waals surface area contributed by atoms with Gasteiger partial charge in [0.25, 0.3) is 0 Å². The standard InChI is InChI=1S/C20H35N9S/c1-4-17-25-24-15-28(17)14-13-23-19(21-5-2)22-12-8-11-18-26-27-20(30-3)29(18)16-9-6-7-10-16/h15-16H,4-14H2,1-3H3,(H2,21,22,23). The highest BCUT2D eigenvalue weighted by molar-refractivity contribution is 7.98. The van der Waals surface area contributed by atoms with E-state index in [9.17, 15) is 0 Å². The molecule has 166 valence electrons. The summed E-state index contributed by atoms with van der Waals surface area (Å²) in [5.41, 5.74) is 0. The van der Waals surface area contributed by atoms with Crippen LogP contribution in [0.4, 0.5) is 0 Å². The molecule has 3 rings (SSSR count). The van der Waals surface area contributed by atoms with Crippen LogP contribution in [-0.4, -0.2) is 61.4 Å². The third-order valence-electron chi connectivity index (χ3n) is 5.44. The molecule has 0 atom stereocenters. The summed E-state index contributed by atoms with van der Waals surface area (Å²) in [7, 11) is 0. The van der Waals surface area contributed by atoms with Gasteiger partial charge in [-0.2, -0.15) is 0 Å². The number of thioether (sulfide) groups is 1. The molecule has 2 aromatic rings. The second kappa shape index (κ2) is 11.9. The van der Waals surface area contributed by atoms with E-state index in [0.717, 1.165) is 68.2 Å². The lowest BCUT2D eigenvalue weighted by atomic mass is 10.2. The van der Waals surface area contributed by atoms with Crippen molar-refractivity contribution in [3.8, 4) is 0 Å². The molecule has 0 radical (unpaired) electrons. The number of guanidine groups is 1.